The number of aryl methyl sites for hydroxylation is 2. The Morgan fingerprint density at radius 2 is 1.91 bits per heavy atom. The minimum atomic E-state index is -0.524. The predicted octanol–water partition coefficient (Wildman–Crippen LogP) is 2.94. The number of carbonyl (C=O) groups excluding carboxylic acids is 1. The largest absolute Gasteiger partial charge is 0.444 e. The van der Waals surface area contributed by atoms with Gasteiger partial charge in [-0.2, -0.15) is 0 Å². The van der Waals surface area contributed by atoms with Crippen molar-refractivity contribution in [2.45, 2.75) is 52.3 Å². The number of ether oxygens (including phenoxy) is 2. The molecule has 1 aliphatic rings. The summed E-state index contributed by atoms with van der Waals surface area (Å²) in [6, 6.07) is 5.72. The molecular formula is C18H28N2O3. The van der Waals surface area contributed by atoms with Gasteiger partial charge in [-0.15, -0.1) is 0 Å². The molecule has 2 rings (SSSR count). The monoisotopic (exact) mass is 320 g/mol. The molecule has 2 N–H and O–H groups in total. The molecule has 0 spiro atoms. The summed E-state index contributed by atoms with van der Waals surface area (Å²) in [6.07, 6.45) is -0.328. The Balaban J connectivity index is 2.21. The van der Waals surface area contributed by atoms with E-state index < -0.39 is 5.60 Å². The summed E-state index contributed by atoms with van der Waals surface area (Å²) in [4.78, 5) is 14.2. The maximum Gasteiger partial charge on any atom is 0.410 e. The van der Waals surface area contributed by atoms with Crippen molar-refractivity contribution in [2.24, 2.45) is 5.73 Å². The quantitative estimate of drug-likeness (QED) is 0.910. The molecule has 5 nitrogen and oxygen atoms in total. The van der Waals surface area contributed by atoms with Crippen LogP contribution in [-0.2, 0) is 9.47 Å². The van der Waals surface area contributed by atoms with Gasteiger partial charge in [-0.1, -0.05) is 29.3 Å². The summed E-state index contributed by atoms with van der Waals surface area (Å²) >= 11 is 0. The Morgan fingerprint density at radius 3 is 2.48 bits per heavy atom. The van der Waals surface area contributed by atoms with E-state index in [-0.39, 0.29) is 18.2 Å². The molecule has 5 heteroatoms. The predicted molar refractivity (Wildman–Crippen MR) is 90.4 cm³/mol. The zero-order valence-electron chi connectivity index (χ0n) is 14.8. The highest BCUT2D eigenvalue weighted by Crippen LogP contribution is 2.25. The van der Waals surface area contributed by atoms with Gasteiger partial charge in [0.25, 0.3) is 0 Å². The summed E-state index contributed by atoms with van der Waals surface area (Å²) < 4.78 is 11.1. The van der Waals surface area contributed by atoms with E-state index >= 15 is 0 Å². The fourth-order valence-electron chi connectivity index (χ4n) is 2.89. The molecule has 2 atom stereocenters. The average Bonchev–Trinajstić information content (AvgIpc) is 2.43. The number of benzene rings is 1. The van der Waals surface area contributed by atoms with Gasteiger partial charge in [0.1, 0.15) is 5.60 Å². The SMILES string of the molecule is Cc1cc(C)cc(C(N)C2COCCN2C(=O)OC(C)(C)C)c1. The molecule has 0 aromatic heterocycles. The highest BCUT2D eigenvalue weighted by molar-refractivity contribution is 5.69. The molecule has 1 fully saturated rings. The van der Waals surface area contributed by atoms with Gasteiger partial charge < -0.3 is 15.2 Å². The topological polar surface area (TPSA) is 64.8 Å². The van der Waals surface area contributed by atoms with Crippen LogP contribution in [0.1, 0.15) is 43.5 Å². The normalized spacial score (nSPS) is 20.3. The Labute approximate surface area is 138 Å². The lowest BCUT2D eigenvalue weighted by atomic mass is 9.95. The highest BCUT2D eigenvalue weighted by Gasteiger charge is 2.35. The van der Waals surface area contributed by atoms with Crippen molar-refractivity contribution in [2.75, 3.05) is 19.8 Å². The third-order valence-electron chi connectivity index (χ3n) is 3.84. The first-order valence-electron chi connectivity index (χ1n) is 8.08. The second-order valence-electron chi connectivity index (χ2n) is 7.26. The molecule has 23 heavy (non-hydrogen) atoms. The molecule has 0 radical (unpaired) electrons. The Bertz CT molecular complexity index is 546. The fourth-order valence-corrected chi connectivity index (χ4v) is 2.89. The van der Waals surface area contributed by atoms with E-state index in [1.807, 2.05) is 34.6 Å². The number of amides is 1. The third-order valence-corrected chi connectivity index (χ3v) is 3.84. The van der Waals surface area contributed by atoms with Gasteiger partial charge in [0.2, 0.25) is 0 Å². The van der Waals surface area contributed by atoms with E-state index in [0.717, 1.165) is 16.7 Å². The smallest absolute Gasteiger partial charge is 0.410 e. The second kappa shape index (κ2) is 6.89. The molecule has 1 aliphatic heterocycles. The Morgan fingerprint density at radius 1 is 1.30 bits per heavy atom. The molecule has 1 aromatic carbocycles. The van der Waals surface area contributed by atoms with E-state index in [1.165, 1.54) is 0 Å². The van der Waals surface area contributed by atoms with Crippen LogP contribution in [0.3, 0.4) is 0 Å². The van der Waals surface area contributed by atoms with Gasteiger partial charge in [0.15, 0.2) is 0 Å². The van der Waals surface area contributed by atoms with Crippen molar-refractivity contribution in [3.63, 3.8) is 0 Å². The molecule has 1 aromatic rings. The van der Waals surface area contributed by atoms with Crippen LogP contribution >= 0.6 is 0 Å². The summed E-state index contributed by atoms with van der Waals surface area (Å²) in [5.41, 5.74) is 9.29. The lowest BCUT2D eigenvalue weighted by Crippen LogP contribution is -2.54. The summed E-state index contributed by atoms with van der Waals surface area (Å²) in [5.74, 6) is 0. The average molecular weight is 320 g/mol. The molecule has 1 heterocycles. The van der Waals surface area contributed by atoms with Gasteiger partial charge in [-0.3, -0.25) is 4.90 Å². The van der Waals surface area contributed by atoms with Crippen molar-refractivity contribution in [3.8, 4) is 0 Å². The molecule has 2 unspecified atom stereocenters. The number of carbonyl (C=O) groups is 1. The van der Waals surface area contributed by atoms with Crippen LogP contribution in [0.25, 0.3) is 0 Å². The zero-order chi connectivity index (χ0) is 17.2. The van der Waals surface area contributed by atoms with Crippen LogP contribution < -0.4 is 5.73 Å². The van der Waals surface area contributed by atoms with E-state index in [9.17, 15) is 4.79 Å². The van der Waals surface area contributed by atoms with E-state index in [4.69, 9.17) is 15.2 Å². The minimum Gasteiger partial charge on any atom is -0.444 e. The van der Waals surface area contributed by atoms with Crippen LogP contribution in [0, 0.1) is 13.8 Å². The number of nitrogens with two attached hydrogens (primary N) is 1. The van der Waals surface area contributed by atoms with Crippen molar-refractivity contribution in [1.82, 2.24) is 4.90 Å². The molecule has 1 amide bonds. The van der Waals surface area contributed by atoms with Gasteiger partial charge in [0, 0.05) is 6.54 Å². The highest BCUT2D eigenvalue weighted by atomic mass is 16.6. The van der Waals surface area contributed by atoms with Crippen LogP contribution in [0.15, 0.2) is 18.2 Å². The molecular weight excluding hydrogens is 292 g/mol. The van der Waals surface area contributed by atoms with Crippen molar-refractivity contribution < 1.29 is 14.3 Å². The Kier molecular flexibility index (Phi) is 5.32. The summed E-state index contributed by atoms with van der Waals surface area (Å²) in [6.45, 7) is 11.1. The third kappa shape index (κ3) is 4.69. The number of morpholine rings is 1. The summed E-state index contributed by atoms with van der Waals surface area (Å²) in [7, 11) is 0. The second-order valence-corrected chi connectivity index (χ2v) is 7.26. The van der Waals surface area contributed by atoms with Gasteiger partial charge in [-0.25, -0.2) is 4.79 Å². The van der Waals surface area contributed by atoms with E-state index in [0.29, 0.717) is 19.8 Å². The van der Waals surface area contributed by atoms with Crippen LogP contribution in [-0.4, -0.2) is 42.4 Å². The Hall–Kier alpha value is -1.59. The molecule has 128 valence electrons. The number of hydrogen-bond acceptors (Lipinski definition) is 4. The zero-order valence-corrected chi connectivity index (χ0v) is 14.8. The first-order chi connectivity index (χ1) is 10.7. The number of hydrogen-bond donors (Lipinski definition) is 1. The van der Waals surface area contributed by atoms with Gasteiger partial charge in [0.05, 0.1) is 25.3 Å². The van der Waals surface area contributed by atoms with Crippen LogP contribution in [0.5, 0.6) is 0 Å². The number of nitrogens with zero attached hydrogens (tertiary/aromatic N) is 1. The molecule has 0 aliphatic carbocycles. The van der Waals surface area contributed by atoms with Crippen molar-refractivity contribution >= 4 is 6.09 Å². The van der Waals surface area contributed by atoms with Crippen LogP contribution in [0.2, 0.25) is 0 Å². The maximum absolute atomic E-state index is 12.5. The maximum atomic E-state index is 12.5. The first kappa shape index (κ1) is 17.8. The van der Waals surface area contributed by atoms with Crippen molar-refractivity contribution in [3.05, 3.63) is 34.9 Å². The lowest BCUT2D eigenvalue weighted by Gasteiger charge is -2.39. The fraction of sp³-hybridized carbons (Fsp3) is 0.611. The van der Waals surface area contributed by atoms with Crippen molar-refractivity contribution in [1.29, 1.82) is 0 Å². The molecule has 1 saturated heterocycles. The van der Waals surface area contributed by atoms with Gasteiger partial charge in [-0.05, 0) is 40.2 Å². The molecule has 0 saturated carbocycles. The number of rotatable bonds is 2. The standard InChI is InChI=1S/C18H28N2O3/c1-12-8-13(2)10-14(9-12)16(19)15-11-22-7-6-20(15)17(21)23-18(3,4)5/h8-10,15-16H,6-7,11,19H2,1-5H3. The lowest BCUT2D eigenvalue weighted by molar-refractivity contribution is -0.0382. The van der Waals surface area contributed by atoms with E-state index in [2.05, 4.69) is 18.2 Å². The van der Waals surface area contributed by atoms with Gasteiger partial charge >= 0.3 is 6.09 Å². The molecule has 0 bridgehead atoms. The van der Waals surface area contributed by atoms with Crippen LogP contribution in [0.4, 0.5) is 4.79 Å². The summed E-state index contributed by atoms with van der Waals surface area (Å²) in [5, 5.41) is 0. The first-order valence-corrected chi connectivity index (χ1v) is 8.08. The minimum absolute atomic E-state index is 0.222. The van der Waals surface area contributed by atoms with E-state index in [1.54, 1.807) is 4.90 Å².